The lowest BCUT2D eigenvalue weighted by molar-refractivity contribution is 0.443. The SMILES string of the molecule is Cc1ccc([C@H](N)C2CCCC2)c(C)c1. The highest BCUT2D eigenvalue weighted by atomic mass is 14.7. The molecule has 82 valence electrons. The summed E-state index contributed by atoms with van der Waals surface area (Å²) >= 11 is 0. The van der Waals surface area contributed by atoms with Gasteiger partial charge in [-0.3, -0.25) is 0 Å². The van der Waals surface area contributed by atoms with E-state index in [9.17, 15) is 0 Å². The van der Waals surface area contributed by atoms with Gasteiger partial charge in [0.15, 0.2) is 0 Å². The van der Waals surface area contributed by atoms with Crippen LogP contribution in [0.2, 0.25) is 0 Å². The molecule has 1 aromatic rings. The Morgan fingerprint density at radius 2 is 1.87 bits per heavy atom. The molecule has 0 aliphatic heterocycles. The van der Waals surface area contributed by atoms with Crippen molar-refractivity contribution < 1.29 is 0 Å². The summed E-state index contributed by atoms with van der Waals surface area (Å²) in [6.07, 6.45) is 5.36. The third kappa shape index (κ3) is 2.23. The van der Waals surface area contributed by atoms with Gasteiger partial charge in [-0.15, -0.1) is 0 Å². The fourth-order valence-corrected chi connectivity index (χ4v) is 2.77. The van der Waals surface area contributed by atoms with Crippen molar-refractivity contribution in [2.75, 3.05) is 0 Å². The van der Waals surface area contributed by atoms with E-state index >= 15 is 0 Å². The first-order chi connectivity index (χ1) is 7.18. The van der Waals surface area contributed by atoms with Crippen molar-refractivity contribution in [1.29, 1.82) is 0 Å². The molecule has 1 atom stereocenters. The summed E-state index contributed by atoms with van der Waals surface area (Å²) in [7, 11) is 0. The Morgan fingerprint density at radius 3 is 2.47 bits per heavy atom. The van der Waals surface area contributed by atoms with Gasteiger partial charge < -0.3 is 5.73 Å². The van der Waals surface area contributed by atoms with Gasteiger partial charge in [0.05, 0.1) is 0 Å². The molecule has 0 saturated heterocycles. The third-order valence-corrected chi connectivity index (χ3v) is 3.69. The number of aryl methyl sites for hydroxylation is 2. The second-order valence-electron chi connectivity index (χ2n) is 4.93. The number of hydrogen-bond acceptors (Lipinski definition) is 1. The van der Waals surface area contributed by atoms with Gasteiger partial charge in [0.2, 0.25) is 0 Å². The Labute approximate surface area is 92.7 Å². The summed E-state index contributed by atoms with van der Waals surface area (Å²) in [6, 6.07) is 6.89. The van der Waals surface area contributed by atoms with Crippen LogP contribution in [0.4, 0.5) is 0 Å². The molecule has 0 unspecified atom stereocenters. The Bertz CT molecular complexity index is 337. The van der Waals surface area contributed by atoms with Crippen LogP contribution in [0.25, 0.3) is 0 Å². The van der Waals surface area contributed by atoms with Gasteiger partial charge >= 0.3 is 0 Å². The maximum absolute atomic E-state index is 6.35. The van der Waals surface area contributed by atoms with E-state index in [1.807, 2.05) is 0 Å². The van der Waals surface area contributed by atoms with Gasteiger partial charge in [0.1, 0.15) is 0 Å². The van der Waals surface area contributed by atoms with Crippen LogP contribution in [0.15, 0.2) is 18.2 Å². The van der Waals surface area contributed by atoms with Crippen LogP contribution >= 0.6 is 0 Å². The minimum atomic E-state index is 0.257. The van der Waals surface area contributed by atoms with Gasteiger partial charge in [-0.1, -0.05) is 36.6 Å². The fourth-order valence-electron chi connectivity index (χ4n) is 2.77. The van der Waals surface area contributed by atoms with Crippen molar-refractivity contribution in [3.05, 3.63) is 34.9 Å². The maximum atomic E-state index is 6.35. The molecule has 2 rings (SSSR count). The standard InChI is InChI=1S/C14H21N/c1-10-7-8-13(11(2)9-10)14(15)12-5-3-4-6-12/h7-9,12,14H,3-6,15H2,1-2H3/t14-/m1/s1. The quantitative estimate of drug-likeness (QED) is 0.782. The molecule has 0 amide bonds. The molecule has 0 aromatic heterocycles. The van der Waals surface area contributed by atoms with Gasteiger partial charge in [0.25, 0.3) is 0 Å². The summed E-state index contributed by atoms with van der Waals surface area (Å²) in [5, 5.41) is 0. The summed E-state index contributed by atoms with van der Waals surface area (Å²) in [4.78, 5) is 0. The molecule has 15 heavy (non-hydrogen) atoms. The minimum Gasteiger partial charge on any atom is -0.324 e. The van der Waals surface area contributed by atoms with Crippen LogP contribution < -0.4 is 5.73 Å². The zero-order valence-corrected chi connectivity index (χ0v) is 9.79. The first kappa shape index (κ1) is 10.7. The Kier molecular flexibility index (Phi) is 3.11. The molecule has 1 saturated carbocycles. The molecule has 0 heterocycles. The lowest BCUT2D eigenvalue weighted by Gasteiger charge is -2.21. The molecule has 1 heteroatoms. The zero-order chi connectivity index (χ0) is 10.8. The van der Waals surface area contributed by atoms with Crippen molar-refractivity contribution >= 4 is 0 Å². The molecule has 1 aliphatic carbocycles. The number of hydrogen-bond donors (Lipinski definition) is 1. The predicted octanol–water partition coefficient (Wildman–Crippen LogP) is 3.49. The van der Waals surface area contributed by atoms with E-state index in [4.69, 9.17) is 5.73 Å². The van der Waals surface area contributed by atoms with E-state index in [0.29, 0.717) is 5.92 Å². The van der Waals surface area contributed by atoms with E-state index in [0.717, 1.165) is 0 Å². The highest BCUT2D eigenvalue weighted by Gasteiger charge is 2.23. The molecule has 1 aliphatic rings. The first-order valence-corrected chi connectivity index (χ1v) is 6.01. The fraction of sp³-hybridized carbons (Fsp3) is 0.571. The molecular formula is C14H21N. The van der Waals surface area contributed by atoms with E-state index in [1.54, 1.807) is 0 Å². The summed E-state index contributed by atoms with van der Waals surface area (Å²) in [6.45, 7) is 4.31. The second-order valence-corrected chi connectivity index (χ2v) is 4.93. The van der Waals surface area contributed by atoms with Gasteiger partial charge in [-0.2, -0.15) is 0 Å². The Balaban J connectivity index is 2.20. The second kappa shape index (κ2) is 4.36. The Morgan fingerprint density at radius 1 is 1.20 bits per heavy atom. The van der Waals surface area contributed by atoms with Crippen LogP contribution in [-0.2, 0) is 0 Å². The lowest BCUT2D eigenvalue weighted by atomic mass is 9.89. The van der Waals surface area contributed by atoms with Crippen LogP contribution in [0.1, 0.15) is 48.4 Å². The van der Waals surface area contributed by atoms with Crippen LogP contribution in [0, 0.1) is 19.8 Å². The molecule has 1 aromatic carbocycles. The van der Waals surface area contributed by atoms with Gasteiger partial charge in [-0.05, 0) is 43.7 Å². The normalized spacial score (nSPS) is 19.4. The number of rotatable bonds is 2. The smallest absolute Gasteiger partial charge is 0.0326 e. The average molecular weight is 203 g/mol. The van der Waals surface area contributed by atoms with E-state index in [1.165, 1.54) is 42.4 Å². The Hall–Kier alpha value is -0.820. The molecule has 2 N–H and O–H groups in total. The predicted molar refractivity (Wildman–Crippen MR) is 64.8 cm³/mol. The van der Waals surface area contributed by atoms with Gasteiger partial charge in [-0.25, -0.2) is 0 Å². The largest absolute Gasteiger partial charge is 0.324 e. The van der Waals surface area contributed by atoms with E-state index < -0.39 is 0 Å². The van der Waals surface area contributed by atoms with E-state index in [2.05, 4.69) is 32.0 Å². The van der Waals surface area contributed by atoms with Gasteiger partial charge in [0, 0.05) is 6.04 Å². The average Bonchev–Trinajstić information content (AvgIpc) is 2.69. The highest BCUT2D eigenvalue weighted by Crippen LogP contribution is 2.35. The summed E-state index contributed by atoms with van der Waals surface area (Å²) in [5.41, 5.74) is 10.4. The molecule has 0 spiro atoms. The molecular weight excluding hydrogens is 182 g/mol. The van der Waals surface area contributed by atoms with Crippen LogP contribution in [-0.4, -0.2) is 0 Å². The number of benzene rings is 1. The monoisotopic (exact) mass is 203 g/mol. The first-order valence-electron chi connectivity index (χ1n) is 6.01. The minimum absolute atomic E-state index is 0.257. The zero-order valence-electron chi connectivity index (χ0n) is 9.79. The van der Waals surface area contributed by atoms with Crippen molar-refractivity contribution in [3.8, 4) is 0 Å². The third-order valence-electron chi connectivity index (χ3n) is 3.69. The molecule has 0 bridgehead atoms. The van der Waals surface area contributed by atoms with Crippen molar-refractivity contribution in [2.24, 2.45) is 11.7 Å². The van der Waals surface area contributed by atoms with Crippen LogP contribution in [0.3, 0.4) is 0 Å². The van der Waals surface area contributed by atoms with Crippen molar-refractivity contribution in [3.63, 3.8) is 0 Å². The van der Waals surface area contributed by atoms with Crippen LogP contribution in [0.5, 0.6) is 0 Å². The lowest BCUT2D eigenvalue weighted by Crippen LogP contribution is -2.20. The maximum Gasteiger partial charge on any atom is 0.0326 e. The van der Waals surface area contributed by atoms with Crippen molar-refractivity contribution in [2.45, 2.75) is 45.6 Å². The van der Waals surface area contributed by atoms with Crippen molar-refractivity contribution in [1.82, 2.24) is 0 Å². The highest BCUT2D eigenvalue weighted by molar-refractivity contribution is 5.33. The molecule has 1 fully saturated rings. The molecule has 0 radical (unpaired) electrons. The summed E-state index contributed by atoms with van der Waals surface area (Å²) < 4.78 is 0. The van der Waals surface area contributed by atoms with E-state index in [-0.39, 0.29) is 6.04 Å². The molecule has 1 nitrogen and oxygen atoms in total. The summed E-state index contributed by atoms with van der Waals surface area (Å²) in [5.74, 6) is 0.714. The topological polar surface area (TPSA) is 26.0 Å². The number of nitrogens with two attached hydrogens (primary N) is 1.